The molecule has 0 unspecified atom stereocenters. The standard InChI is InChI=1S/C13H20N4O/c1-2-7-16-17-13(6-10-15-11-18)12-4-3-8-14-9-5-12/h4-5,8-9,11,16H,2-3,6-7,10H2,1H3,(H,15,18)/b17-13+. The van der Waals surface area contributed by atoms with Crippen LogP contribution >= 0.6 is 0 Å². The summed E-state index contributed by atoms with van der Waals surface area (Å²) in [5.41, 5.74) is 5.04. The van der Waals surface area contributed by atoms with Crippen LogP contribution in [0.3, 0.4) is 0 Å². The molecule has 2 N–H and O–H groups in total. The Morgan fingerprint density at radius 3 is 3.22 bits per heavy atom. The molecular weight excluding hydrogens is 228 g/mol. The van der Waals surface area contributed by atoms with E-state index in [0.717, 1.165) is 30.7 Å². The third-order valence-corrected chi connectivity index (χ3v) is 2.39. The molecule has 18 heavy (non-hydrogen) atoms. The average molecular weight is 248 g/mol. The number of carbonyl (C=O) groups is 1. The first-order chi connectivity index (χ1) is 8.88. The fraction of sp³-hybridized carbons (Fsp3) is 0.462. The van der Waals surface area contributed by atoms with Crippen LogP contribution in [0.5, 0.6) is 0 Å². The van der Waals surface area contributed by atoms with Crippen LogP contribution in [0, 0.1) is 0 Å². The molecule has 1 aliphatic heterocycles. The van der Waals surface area contributed by atoms with Crippen LogP contribution in [0.1, 0.15) is 26.2 Å². The van der Waals surface area contributed by atoms with Crippen LogP contribution in [0.15, 0.2) is 34.0 Å². The molecule has 0 bridgehead atoms. The van der Waals surface area contributed by atoms with Gasteiger partial charge in [0.25, 0.3) is 0 Å². The van der Waals surface area contributed by atoms with Gasteiger partial charge < -0.3 is 10.7 Å². The minimum atomic E-state index is 0.585. The fourth-order valence-corrected chi connectivity index (χ4v) is 1.48. The van der Waals surface area contributed by atoms with Crippen LogP contribution in [-0.4, -0.2) is 31.4 Å². The summed E-state index contributed by atoms with van der Waals surface area (Å²) in [4.78, 5) is 14.4. The van der Waals surface area contributed by atoms with E-state index >= 15 is 0 Å². The number of rotatable bonds is 8. The number of aliphatic imine (C=N–C) groups is 1. The number of nitrogens with one attached hydrogen (secondary N) is 2. The topological polar surface area (TPSA) is 65.8 Å². The van der Waals surface area contributed by atoms with Crippen molar-refractivity contribution in [1.82, 2.24) is 10.7 Å². The van der Waals surface area contributed by atoms with Gasteiger partial charge >= 0.3 is 0 Å². The quantitative estimate of drug-likeness (QED) is 0.295. The predicted octanol–water partition coefficient (Wildman–Crippen LogP) is 1.39. The Kier molecular flexibility index (Phi) is 7.20. The van der Waals surface area contributed by atoms with E-state index < -0.39 is 0 Å². The molecule has 98 valence electrons. The van der Waals surface area contributed by atoms with Crippen LogP contribution in [0.4, 0.5) is 0 Å². The largest absolute Gasteiger partial charge is 0.358 e. The molecule has 0 aromatic heterocycles. The molecule has 1 rings (SSSR count). The van der Waals surface area contributed by atoms with Gasteiger partial charge in [0.2, 0.25) is 6.41 Å². The summed E-state index contributed by atoms with van der Waals surface area (Å²) in [6, 6.07) is 0. The van der Waals surface area contributed by atoms with E-state index in [9.17, 15) is 4.79 Å². The highest BCUT2D eigenvalue weighted by Crippen LogP contribution is 2.08. The van der Waals surface area contributed by atoms with Crippen molar-refractivity contribution >= 4 is 18.3 Å². The van der Waals surface area contributed by atoms with Gasteiger partial charge in [0, 0.05) is 38.3 Å². The van der Waals surface area contributed by atoms with Crippen LogP contribution < -0.4 is 10.7 Å². The molecule has 0 saturated carbocycles. The number of hydrazone groups is 1. The van der Waals surface area contributed by atoms with E-state index in [-0.39, 0.29) is 0 Å². The molecule has 1 amide bonds. The van der Waals surface area contributed by atoms with Gasteiger partial charge in [0.1, 0.15) is 0 Å². The zero-order valence-corrected chi connectivity index (χ0v) is 10.7. The summed E-state index contributed by atoms with van der Waals surface area (Å²) in [6.45, 7) is 3.52. The van der Waals surface area contributed by atoms with Crippen molar-refractivity contribution in [3.63, 3.8) is 0 Å². The third-order valence-electron chi connectivity index (χ3n) is 2.39. The van der Waals surface area contributed by atoms with Gasteiger partial charge in [-0.05, 0) is 18.1 Å². The van der Waals surface area contributed by atoms with Gasteiger partial charge in [-0.1, -0.05) is 13.0 Å². The Labute approximate surface area is 108 Å². The Balaban J connectivity index is 2.65. The van der Waals surface area contributed by atoms with Gasteiger partial charge in [-0.3, -0.25) is 9.79 Å². The molecule has 0 radical (unpaired) electrons. The Morgan fingerprint density at radius 2 is 2.44 bits per heavy atom. The van der Waals surface area contributed by atoms with E-state index in [1.54, 1.807) is 6.20 Å². The van der Waals surface area contributed by atoms with Crippen molar-refractivity contribution in [2.24, 2.45) is 10.1 Å². The molecule has 0 aliphatic carbocycles. The number of allylic oxidation sites excluding steroid dienone is 3. The summed E-state index contributed by atoms with van der Waals surface area (Å²) in [5.74, 6) is 0. The lowest BCUT2D eigenvalue weighted by Crippen LogP contribution is -2.19. The number of nitrogens with zero attached hydrogens (tertiary/aromatic N) is 2. The molecule has 0 spiro atoms. The number of carbonyl (C=O) groups excluding carboxylic acids is 1. The minimum absolute atomic E-state index is 0.585. The fourth-order valence-electron chi connectivity index (χ4n) is 1.48. The van der Waals surface area contributed by atoms with E-state index in [1.165, 1.54) is 0 Å². The third kappa shape index (κ3) is 5.43. The summed E-state index contributed by atoms with van der Waals surface area (Å²) >= 11 is 0. The predicted molar refractivity (Wildman–Crippen MR) is 74.7 cm³/mol. The summed E-state index contributed by atoms with van der Waals surface area (Å²) in [6.07, 6.45) is 10.9. The summed E-state index contributed by atoms with van der Waals surface area (Å²) in [7, 11) is 0. The second-order valence-corrected chi connectivity index (χ2v) is 3.83. The van der Waals surface area contributed by atoms with Crippen LogP contribution in [0.2, 0.25) is 0 Å². The first-order valence-electron chi connectivity index (χ1n) is 6.23. The van der Waals surface area contributed by atoms with E-state index in [0.29, 0.717) is 19.4 Å². The van der Waals surface area contributed by atoms with Crippen molar-refractivity contribution in [2.45, 2.75) is 26.2 Å². The Morgan fingerprint density at radius 1 is 1.56 bits per heavy atom. The van der Waals surface area contributed by atoms with E-state index in [4.69, 9.17) is 0 Å². The smallest absolute Gasteiger partial charge is 0.207 e. The highest BCUT2D eigenvalue weighted by molar-refractivity contribution is 6.03. The van der Waals surface area contributed by atoms with Gasteiger partial charge in [0.05, 0.1) is 5.71 Å². The molecule has 0 atom stereocenters. The maximum Gasteiger partial charge on any atom is 0.207 e. The van der Waals surface area contributed by atoms with Gasteiger partial charge in [-0.15, -0.1) is 0 Å². The molecule has 5 nitrogen and oxygen atoms in total. The molecule has 0 saturated heterocycles. The molecular formula is C13H20N4O. The first-order valence-corrected chi connectivity index (χ1v) is 6.23. The Hall–Kier alpha value is -1.91. The molecule has 0 fully saturated rings. The first kappa shape index (κ1) is 14.2. The second kappa shape index (κ2) is 9.15. The highest BCUT2D eigenvalue weighted by atomic mass is 16.1. The van der Waals surface area contributed by atoms with Crippen molar-refractivity contribution in [3.8, 4) is 0 Å². The van der Waals surface area contributed by atoms with Gasteiger partial charge in [0.15, 0.2) is 0 Å². The SMILES string of the molecule is CCCN/N=C(\CCNC=O)C1=CCC=NC=C1. The molecule has 5 heteroatoms. The number of hydrogen-bond acceptors (Lipinski definition) is 4. The van der Waals surface area contributed by atoms with Crippen molar-refractivity contribution in [3.05, 3.63) is 23.9 Å². The molecule has 1 aliphatic rings. The average Bonchev–Trinajstić information content (AvgIpc) is 2.66. The lowest BCUT2D eigenvalue weighted by Gasteiger charge is -2.08. The normalized spacial score (nSPS) is 14.9. The van der Waals surface area contributed by atoms with E-state index in [2.05, 4.69) is 33.8 Å². The monoisotopic (exact) mass is 248 g/mol. The molecule has 0 aromatic carbocycles. The lowest BCUT2D eigenvalue weighted by molar-refractivity contribution is -0.109. The maximum absolute atomic E-state index is 10.3. The minimum Gasteiger partial charge on any atom is -0.358 e. The summed E-state index contributed by atoms with van der Waals surface area (Å²) in [5, 5.41) is 7.04. The van der Waals surface area contributed by atoms with Crippen molar-refractivity contribution in [2.75, 3.05) is 13.1 Å². The van der Waals surface area contributed by atoms with Crippen molar-refractivity contribution < 1.29 is 4.79 Å². The van der Waals surface area contributed by atoms with Crippen LogP contribution in [0.25, 0.3) is 0 Å². The van der Waals surface area contributed by atoms with E-state index in [1.807, 2.05) is 12.3 Å². The lowest BCUT2D eigenvalue weighted by atomic mass is 10.1. The molecule has 0 aromatic rings. The van der Waals surface area contributed by atoms with Gasteiger partial charge in [-0.25, -0.2) is 0 Å². The zero-order chi connectivity index (χ0) is 13.1. The second-order valence-electron chi connectivity index (χ2n) is 3.83. The van der Waals surface area contributed by atoms with Crippen molar-refractivity contribution in [1.29, 1.82) is 0 Å². The summed E-state index contributed by atoms with van der Waals surface area (Å²) < 4.78 is 0. The maximum atomic E-state index is 10.3. The number of hydrogen-bond donors (Lipinski definition) is 2. The van der Waals surface area contributed by atoms with Crippen LogP contribution in [-0.2, 0) is 4.79 Å². The molecule has 1 heterocycles. The zero-order valence-electron chi connectivity index (χ0n) is 10.7. The number of amides is 1. The van der Waals surface area contributed by atoms with Gasteiger partial charge in [-0.2, -0.15) is 5.10 Å². The Bertz CT molecular complexity index is 369. The highest BCUT2D eigenvalue weighted by Gasteiger charge is 2.05.